The minimum Gasteiger partial charge on any atom is -0.480 e. The van der Waals surface area contributed by atoms with Crippen molar-refractivity contribution in [2.75, 3.05) is 12.3 Å². The molecule has 0 spiro atoms. The van der Waals surface area contributed by atoms with Gasteiger partial charge in [0.25, 0.3) is 0 Å². The summed E-state index contributed by atoms with van der Waals surface area (Å²) in [4.78, 5) is 15.4. The Morgan fingerprint density at radius 2 is 2.35 bits per heavy atom. The molecule has 4 nitrogen and oxygen atoms in total. The number of nitrogens with zero attached hydrogens (tertiary/aromatic N) is 1. The molecule has 17 heavy (non-hydrogen) atoms. The van der Waals surface area contributed by atoms with Crippen LogP contribution in [-0.4, -0.2) is 33.9 Å². The Hall–Kier alpha value is -0.590. The van der Waals surface area contributed by atoms with Gasteiger partial charge in [-0.05, 0) is 41.5 Å². The molecule has 0 aliphatic heterocycles. The van der Waals surface area contributed by atoms with E-state index in [1.807, 2.05) is 19.1 Å². The number of halogens is 1. The quantitative estimate of drug-likeness (QED) is 0.789. The van der Waals surface area contributed by atoms with Gasteiger partial charge in [-0.25, -0.2) is 4.98 Å². The zero-order chi connectivity index (χ0) is 12.9. The van der Waals surface area contributed by atoms with E-state index in [0.717, 1.165) is 9.50 Å². The molecular weight excluding hydrogens is 304 g/mol. The van der Waals surface area contributed by atoms with Crippen molar-refractivity contribution >= 4 is 33.7 Å². The molecule has 0 radical (unpaired) electrons. The molecule has 0 aliphatic carbocycles. The van der Waals surface area contributed by atoms with E-state index >= 15 is 0 Å². The first-order valence-corrected chi connectivity index (χ1v) is 6.98. The average Bonchev–Trinajstić information content (AvgIpc) is 2.28. The van der Waals surface area contributed by atoms with Crippen LogP contribution in [0.2, 0.25) is 0 Å². The Kier molecular flexibility index (Phi) is 5.42. The number of rotatable bonds is 6. The third kappa shape index (κ3) is 4.29. The van der Waals surface area contributed by atoms with Crippen LogP contribution in [0, 0.1) is 0 Å². The van der Waals surface area contributed by atoms with E-state index in [1.165, 1.54) is 11.8 Å². The Morgan fingerprint density at radius 3 is 2.82 bits per heavy atom. The molecule has 0 saturated heterocycles. The fraction of sp³-hybridized carbons (Fsp3) is 0.455. The maximum Gasteiger partial charge on any atom is 0.324 e. The van der Waals surface area contributed by atoms with E-state index in [2.05, 4.69) is 26.2 Å². The van der Waals surface area contributed by atoms with E-state index < -0.39 is 11.5 Å². The number of carboxylic acids is 1. The maximum absolute atomic E-state index is 11.2. The number of aromatic nitrogens is 1. The van der Waals surface area contributed by atoms with Crippen LogP contribution in [0.3, 0.4) is 0 Å². The molecule has 0 fully saturated rings. The van der Waals surface area contributed by atoms with Gasteiger partial charge in [0.2, 0.25) is 0 Å². The lowest BCUT2D eigenvalue weighted by atomic mass is 10.1. The molecule has 6 heteroatoms. The number of thioether (sulfide) groups is 1. The lowest BCUT2D eigenvalue weighted by molar-refractivity contribution is -0.143. The molecule has 0 bridgehead atoms. The van der Waals surface area contributed by atoms with Crippen LogP contribution in [0.5, 0.6) is 0 Å². The second-order valence-corrected chi connectivity index (χ2v) is 5.68. The maximum atomic E-state index is 11.2. The Balaban J connectivity index is 2.64. The summed E-state index contributed by atoms with van der Waals surface area (Å²) in [7, 11) is 0. The first kappa shape index (κ1) is 14.5. The normalized spacial score (nSPS) is 14.3. The van der Waals surface area contributed by atoms with Crippen LogP contribution >= 0.6 is 27.7 Å². The van der Waals surface area contributed by atoms with E-state index in [1.54, 1.807) is 13.1 Å². The number of pyridine rings is 1. The molecule has 0 saturated carbocycles. The van der Waals surface area contributed by atoms with Crippen LogP contribution in [0.1, 0.15) is 13.8 Å². The van der Waals surface area contributed by atoms with E-state index in [0.29, 0.717) is 12.3 Å². The Bertz CT molecular complexity index is 386. The third-order valence-electron chi connectivity index (χ3n) is 2.25. The number of carboxylic acid groups (broad SMARTS) is 1. The van der Waals surface area contributed by atoms with Crippen molar-refractivity contribution in [1.29, 1.82) is 0 Å². The number of nitrogens with one attached hydrogen (secondary N) is 1. The summed E-state index contributed by atoms with van der Waals surface area (Å²) < 4.78 is 0.912. The van der Waals surface area contributed by atoms with Gasteiger partial charge < -0.3 is 10.4 Å². The predicted molar refractivity (Wildman–Crippen MR) is 72.4 cm³/mol. The highest BCUT2D eigenvalue weighted by atomic mass is 79.9. The Labute approximate surface area is 113 Å². The van der Waals surface area contributed by atoms with Gasteiger partial charge in [0.15, 0.2) is 0 Å². The molecule has 94 valence electrons. The monoisotopic (exact) mass is 318 g/mol. The SMILES string of the molecule is CCNC(C)(CSc1ccc(Br)cn1)C(=O)O. The molecule has 0 amide bonds. The van der Waals surface area contributed by atoms with E-state index in [9.17, 15) is 9.90 Å². The van der Waals surface area contributed by atoms with Crippen molar-refractivity contribution in [3.8, 4) is 0 Å². The summed E-state index contributed by atoms with van der Waals surface area (Å²) in [5.74, 6) is -0.408. The van der Waals surface area contributed by atoms with Gasteiger partial charge in [0.05, 0.1) is 5.03 Å². The van der Waals surface area contributed by atoms with Crippen molar-refractivity contribution in [2.24, 2.45) is 0 Å². The zero-order valence-corrected chi connectivity index (χ0v) is 12.1. The van der Waals surface area contributed by atoms with Gasteiger partial charge in [-0.1, -0.05) is 6.92 Å². The van der Waals surface area contributed by atoms with Gasteiger partial charge in [0, 0.05) is 16.4 Å². The Morgan fingerprint density at radius 1 is 1.65 bits per heavy atom. The highest BCUT2D eigenvalue weighted by Gasteiger charge is 2.32. The number of aliphatic carboxylic acids is 1. The lowest BCUT2D eigenvalue weighted by Gasteiger charge is -2.24. The van der Waals surface area contributed by atoms with Gasteiger partial charge in [0.1, 0.15) is 5.54 Å². The molecule has 1 rings (SSSR count). The van der Waals surface area contributed by atoms with Crippen LogP contribution in [-0.2, 0) is 4.79 Å². The number of carbonyl (C=O) groups is 1. The summed E-state index contributed by atoms with van der Waals surface area (Å²) >= 11 is 4.73. The molecule has 1 atom stereocenters. The number of likely N-dealkylation sites (N-methyl/N-ethyl adjacent to an activating group) is 1. The van der Waals surface area contributed by atoms with Crippen molar-refractivity contribution in [1.82, 2.24) is 10.3 Å². The highest BCUT2D eigenvalue weighted by Crippen LogP contribution is 2.22. The van der Waals surface area contributed by atoms with Crippen molar-refractivity contribution in [2.45, 2.75) is 24.4 Å². The van der Waals surface area contributed by atoms with Gasteiger partial charge in [-0.2, -0.15) is 0 Å². The molecule has 1 aromatic rings. The molecule has 0 aromatic carbocycles. The highest BCUT2D eigenvalue weighted by molar-refractivity contribution is 9.10. The summed E-state index contributed by atoms with van der Waals surface area (Å²) in [6, 6.07) is 3.75. The van der Waals surface area contributed by atoms with Gasteiger partial charge in [-0.3, -0.25) is 4.79 Å². The number of hydrogen-bond donors (Lipinski definition) is 2. The molecule has 1 aromatic heterocycles. The number of hydrogen-bond acceptors (Lipinski definition) is 4. The first-order chi connectivity index (χ1) is 7.98. The fourth-order valence-electron chi connectivity index (χ4n) is 1.24. The molecule has 1 unspecified atom stereocenters. The average molecular weight is 319 g/mol. The molecule has 1 heterocycles. The van der Waals surface area contributed by atoms with E-state index in [-0.39, 0.29) is 0 Å². The van der Waals surface area contributed by atoms with Crippen LogP contribution in [0.15, 0.2) is 27.8 Å². The third-order valence-corrected chi connectivity index (χ3v) is 3.98. The smallest absolute Gasteiger partial charge is 0.324 e. The summed E-state index contributed by atoms with van der Waals surface area (Å²) in [6.45, 7) is 4.20. The van der Waals surface area contributed by atoms with Crippen molar-refractivity contribution < 1.29 is 9.90 Å². The van der Waals surface area contributed by atoms with E-state index in [4.69, 9.17) is 0 Å². The summed E-state index contributed by atoms with van der Waals surface area (Å²) in [6.07, 6.45) is 1.70. The van der Waals surface area contributed by atoms with Crippen molar-refractivity contribution in [3.05, 3.63) is 22.8 Å². The second kappa shape index (κ2) is 6.37. The van der Waals surface area contributed by atoms with Gasteiger partial charge >= 0.3 is 5.97 Å². The molecule has 0 aliphatic rings. The van der Waals surface area contributed by atoms with Crippen LogP contribution in [0.25, 0.3) is 0 Å². The first-order valence-electron chi connectivity index (χ1n) is 5.20. The largest absolute Gasteiger partial charge is 0.480 e. The molecular formula is C11H15BrN2O2S. The zero-order valence-electron chi connectivity index (χ0n) is 9.74. The fourth-order valence-corrected chi connectivity index (χ4v) is 2.43. The minimum atomic E-state index is -0.922. The molecule has 2 N–H and O–H groups in total. The standard InChI is InChI=1S/C11H15BrN2O2S/c1-3-14-11(2,10(15)16)7-17-9-5-4-8(12)6-13-9/h4-6,14H,3,7H2,1-2H3,(H,15,16). The minimum absolute atomic E-state index is 0.435. The second-order valence-electron chi connectivity index (χ2n) is 3.77. The van der Waals surface area contributed by atoms with Crippen LogP contribution in [0.4, 0.5) is 0 Å². The van der Waals surface area contributed by atoms with Crippen LogP contribution < -0.4 is 5.32 Å². The predicted octanol–water partition coefficient (Wildman–Crippen LogP) is 2.39. The topological polar surface area (TPSA) is 62.2 Å². The lowest BCUT2D eigenvalue weighted by Crippen LogP contribution is -2.51. The van der Waals surface area contributed by atoms with Gasteiger partial charge in [-0.15, -0.1) is 11.8 Å². The van der Waals surface area contributed by atoms with Crippen molar-refractivity contribution in [3.63, 3.8) is 0 Å². The summed E-state index contributed by atoms with van der Waals surface area (Å²) in [5.41, 5.74) is -0.922. The summed E-state index contributed by atoms with van der Waals surface area (Å²) in [5, 5.41) is 13.0.